The number of aromatic nitrogens is 1. The molecule has 1 N–H and O–H groups in total. The lowest BCUT2D eigenvalue weighted by molar-refractivity contribution is 0.461. The van der Waals surface area contributed by atoms with Crippen LogP contribution in [0.25, 0.3) is 10.2 Å². The third-order valence-corrected chi connectivity index (χ3v) is 3.62. The maximum atomic E-state index is 11.4. The van der Waals surface area contributed by atoms with Crippen LogP contribution in [-0.2, 0) is 5.41 Å². The van der Waals surface area contributed by atoms with Gasteiger partial charge in [-0.15, -0.1) is 11.3 Å². The zero-order chi connectivity index (χ0) is 11.2. The van der Waals surface area contributed by atoms with Gasteiger partial charge in [-0.05, 0) is 11.5 Å². The maximum absolute atomic E-state index is 11.4. The highest BCUT2D eigenvalue weighted by Gasteiger charge is 2.18. The number of hydrogen-bond acceptors (Lipinski definition) is 4. The molecular formula is C10H11NO3S. The molecule has 0 amide bonds. The number of hydrogen-bond donors (Lipinski definition) is 1. The van der Waals surface area contributed by atoms with E-state index in [-0.39, 0.29) is 5.41 Å². The van der Waals surface area contributed by atoms with Crippen molar-refractivity contribution in [3.63, 3.8) is 0 Å². The third kappa shape index (κ3) is 1.74. The second kappa shape index (κ2) is 3.06. The summed E-state index contributed by atoms with van der Waals surface area (Å²) >= 11 is 1.36. The van der Waals surface area contributed by atoms with Crippen molar-refractivity contribution in [2.24, 2.45) is 0 Å². The average Bonchev–Trinajstić information content (AvgIpc) is 2.46. The first kappa shape index (κ1) is 10.2. The molecule has 2 aromatic heterocycles. The summed E-state index contributed by atoms with van der Waals surface area (Å²) in [6.07, 6.45) is 0. The molecule has 0 atom stereocenters. The molecule has 0 spiro atoms. The summed E-state index contributed by atoms with van der Waals surface area (Å²) in [6, 6.07) is 1.83. The van der Waals surface area contributed by atoms with E-state index in [1.165, 1.54) is 11.3 Å². The molecule has 0 aromatic carbocycles. The van der Waals surface area contributed by atoms with Gasteiger partial charge < -0.3 is 4.42 Å². The molecule has 0 bridgehead atoms. The number of fused-ring (bicyclic) bond motifs is 1. The summed E-state index contributed by atoms with van der Waals surface area (Å²) in [5, 5.41) is 0. The molecule has 0 aliphatic heterocycles. The van der Waals surface area contributed by atoms with Crippen molar-refractivity contribution >= 4 is 21.6 Å². The Morgan fingerprint density at radius 3 is 2.60 bits per heavy atom. The van der Waals surface area contributed by atoms with E-state index in [1.807, 2.05) is 6.07 Å². The molecule has 0 aliphatic carbocycles. The predicted octanol–water partition coefficient (Wildman–Crippen LogP) is 1.84. The number of nitrogens with one attached hydrogen (secondary N) is 1. The van der Waals surface area contributed by atoms with Gasteiger partial charge >= 0.3 is 11.4 Å². The zero-order valence-electron chi connectivity index (χ0n) is 8.71. The lowest BCUT2D eigenvalue weighted by atomic mass is 9.95. The Morgan fingerprint density at radius 2 is 2.00 bits per heavy atom. The SMILES string of the molecule is CC(C)(C)c1cc2[nH]c(=O)oc(=O)c2s1. The van der Waals surface area contributed by atoms with Crippen LogP contribution in [0.1, 0.15) is 25.6 Å². The minimum absolute atomic E-state index is 0.0347. The minimum atomic E-state index is -0.703. The molecule has 2 aromatic rings. The molecule has 0 unspecified atom stereocenters. The van der Waals surface area contributed by atoms with E-state index in [0.29, 0.717) is 10.2 Å². The van der Waals surface area contributed by atoms with Crippen LogP contribution in [0.15, 0.2) is 20.1 Å². The van der Waals surface area contributed by atoms with E-state index in [9.17, 15) is 9.59 Å². The van der Waals surface area contributed by atoms with E-state index in [4.69, 9.17) is 0 Å². The van der Waals surface area contributed by atoms with Crippen molar-refractivity contribution in [2.75, 3.05) is 0 Å². The molecular weight excluding hydrogens is 214 g/mol. The highest BCUT2D eigenvalue weighted by molar-refractivity contribution is 7.19. The molecule has 0 aliphatic rings. The normalized spacial score (nSPS) is 12.2. The Labute approximate surface area is 89.6 Å². The van der Waals surface area contributed by atoms with Crippen LogP contribution >= 0.6 is 11.3 Å². The van der Waals surface area contributed by atoms with E-state index >= 15 is 0 Å². The van der Waals surface area contributed by atoms with Crippen LogP contribution in [0.2, 0.25) is 0 Å². The lowest BCUT2D eigenvalue weighted by Gasteiger charge is -2.14. The topological polar surface area (TPSA) is 63.1 Å². The van der Waals surface area contributed by atoms with Crippen LogP contribution in [0.3, 0.4) is 0 Å². The fourth-order valence-electron chi connectivity index (χ4n) is 1.27. The zero-order valence-corrected chi connectivity index (χ0v) is 9.53. The minimum Gasteiger partial charge on any atom is -0.372 e. The Kier molecular flexibility index (Phi) is 2.08. The fraction of sp³-hybridized carbons (Fsp3) is 0.400. The lowest BCUT2D eigenvalue weighted by Crippen LogP contribution is -2.12. The second-order valence-electron chi connectivity index (χ2n) is 4.41. The second-order valence-corrected chi connectivity index (χ2v) is 5.46. The molecule has 15 heavy (non-hydrogen) atoms. The van der Waals surface area contributed by atoms with Gasteiger partial charge in [0.2, 0.25) is 0 Å². The largest absolute Gasteiger partial charge is 0.419 e. The van der Waals surface area contributed by atoms with Crippen molar-refractivity contribution in [3.8, 4) is 0 Å². The van der Waals surface area contributed by atoms with Crippen molar-refractivity contribution in [2.45, 2.75) is 26.2 Å². The van der Waals surface area contributed by atoms with E-state index in [1.54, 1.807) is 0 Å². The highest BCUT2D eigenvalue weighted by atomic mass is 32.1. The summed E-state index contributed by atoms with van der Waals surface area (Å²) < 4.78 is 4.93. The molecule has 2 heterocycles. The molecule has 0 saturated carbocycles. The summed E-state index contributed by atoms with van der Waals surface area (Å²) in [5.74, 6) is -0.703. The van der Waals surface area contributed by atoms with Crippen molar-refractivity contribution in [3.05, 3.63) is 31.9 Å². The van der Waals surface area contributed by atoms with Gasteiger partial charge in [0, 0.05) is 4.88 Å². The Morgan fingerprint density at radius 1 is 1.33 bits per heavy atom. The number of thiophene rings is 1. The molecule has 0 saturated heterocycles. The number of aromatic amines is 1. The van der Waals surface area contributed by atoms with Crippen molar-refractivity contribution < 1.29 is 4.42 Å². The van der Waals surface area contributed by atoms with Crippen LogP contribution in [-0.4, -0.2) is 4.98 Å². The van der Waals surface area contributed by atoms with E-state index < -0.39 is 11.4 Å². The van der Waals surface area contributed by atoms with Gasteiger partial charge in [0.25, 0.3) is 0 Å². The van der Waals surface area contributed by atoms with Gasteiger partial charge in [0.1, 0.15) is 4.70 Å². The summed E-state index contributed by atoms with van der Waals surface area (Å²) in [4.78, 5) is 25.9. The van der Waals surface area contributed by atoms with Gasteiger partial charge in [-0.1, -0.05) is 20.8 Å². The van der Waals surface area contributed by atoms with Gasteiger partial charge in [-0.25, -0.2) is 9.59 Å². The smallest absolute Gasteiger partial charge is 0.372 e. The molecule has 5 heteroatoms. The fourth-order valence-corrected chi connectivity index (χ4v) is 2.32. The molecule has 0 radical (unpaired) electrons. The van der Waals surface area contributed by atoms with E-state index in [2.05, 4.69) is 30.2 Å². The summed E-state index contributed by atoms with van der Waals surface area (Å²) in [7, 11) is 0. The van der Waals surface area contributed by atoms with E-state index in [0.717, 1.165) is 4.88 Å². The molecule has 4 nitrogen and oxygen atoms in total. The first-order valence-corrected chi connectivity index (χ1v) is 5.37. The summed E-state index contributed by atoms with van der Waals surface area (Å²) in [6.45, 7) is 6.16. The predicted molar refractivity (Wildman–Crippen MR) is 59.7 cm³/mol. The van der Waals surface area contributed by atoms with Crippen LogP contribution in [0, 0.1) is 0 Å². The van der Waals surface area contributed by atoms with Gasteiger partial charge in [-0.2, -0.15) is 0 Å². The molecule has 0 fully saturated rings. The highest BCUT2D eigenvalue weighted by Crippen LogP contribution is 2.31. The van der Waals surface area contributed by atoms with Crippen molar-refractivity contribution in [1.29, 1.82) is 0 Å². The average molecular weight is 225 g/mol. The third-order valence-electron chi connectivity index (χ3n) is 2.08. The molecule has 80 valence electrons. The first-order valence-electron chi connectivity index (χ1n) is 4.55. The molecule has 2 rings (SSSR count). The van der Waals surface area contributed by atoms with Crippen molar-refractivity contribution in [1.82, 2.24) is 4.98 Å². The van der Waals surface area contributed by atoms with Gasteiger partial charge in [-0.3, -0.25) is 4.98 Å². The number of rotatable bonds is 0. The quantitative estimate of drug-likeness (QED) is 0.744. The van der Waals surface area contributed by atoms with Crippen LogP contribution < -0.4 is 11.4 Å². The van der Waals surface area contributed by atoms with Crippen LogP contribution in [0.5, 0.6) is 0 Å². The van der Waals surface area contributed by atoms with Gasteiger partial charge in [0.15, 0.2) is 0 Å². The Hall–Kier alpha value is -1.36. The number of H-pyrrole nitrogens is 1. The summed E-state index contributed by atoms with van der Waals surface area (Å²) in [5.41, 5.74) is -0.0343. The maximum Gasteiger partial charge on any atom is 0.419 e. The van der Waals surface area contributed by atoms with Crippen LogP contribution in [0.4, 0.5) is 0 Å². The monoisotopic (exact) mass is 225 g/mol. The first-order chi connectivity index (χ1) is 6.88. The Balaban J connectivity index is 2.83. The van der Waals surface area contributed by atoms with Gasteiger partial charge in [0.05, 0.1) is 5.52 Å². The Bertz CT molecular complexity index is 612. The standard InChI is InChI=1S/C10H11NO3S/c1-10(2,3)6-4-5-7(15-6)8(12)14-9(13)11-5/h4H,1-3H3,(H,11,13).